The number of rotatable bonds is 7. The van der Waals surface area contributed by atoms with Crippen LogP contribution in [0.3, 0.4) is 0 Å². The number of aliphatic carboxylic acids is 1. The van der Waals surface area contributed by atoms with Gasteiger partial charge in [-0.2, -0.15) is 9.71 Å². The number of carbonyl (C=O) groups is 1. The zero-order chi connectivity index (χ0) is 22.6. The van der Waals surface area contributed by atoms with Gasteiger partial charge in [0.2, 0.25) is 21.7 Å². The molecule has 0 bridgehead atoms. The third kappa shape index (κ3) is 3.65. The Hall–Kier alpha value is -3.24. The summed E-state index contributed by atoms with van der Waals surface area (Å²) in [6, 6.07) is 8.79. The highest BCUT2D eigenvalue weighted by atomic mass is 32.2. The van der Waals surface area contributed by atoms with Gasteiger partial charge in [0, 0.05) is 28.3 Å². The Morgan fingerprint density at radius 3 is 2.47 bits per heavy atom. The van der Waals surface area contributed by atoms with Gasteiger partial charge in [-0.1, -0.05) is 25.1 Å². The van der Waals surface area contributed by atoms with Gasteiger partial charge in [0.25, 0.3) is 0 Å². The third-order valence-electron chi connectivity index (χ3n) is 5.60. The Balaban J connectivity index is 1.50. The van der Waals surface area contributed by atoms with Crippen molar-refractivity contribution in [1.82, 2.24) is 14.9 Å². The number of sulfonamides is 1. The van der Waals surface area contributed by atoms with Crippen LogP contribution >= 0.6 is 0 Å². The van der Waals surface area contributed by atoms with Gasteiger partial charge in [0.1, 0.15) is 17.2 Å². The normalized spacial score (nSPS) is 15.6. The van der Waals surface area contributed by atoms with E-state index in [1.807, 2.05) is 12.1 Å². The van der Waals surface area contributed by atoms with E-state index in [0.29, 0.717) is 28.8 Å². The maximum Gasteiger partial charge on any atom is 0.322 e. The number of furan rings is 1. The number of nitrogens with one attached hydrogen (secondary N) is 1. The number of fused-ring (bicyclic) bond motifs is 3. The van der Waals surface area contributed by atoms with Gasteiger partial charge in [0.05, 0.1) is 4.90 Å². The lowest BCUT2D eigenvalue weighted by molar-refractivity contribution is -0.140. The molecule has 1 atom stereocenters. The van der Waals surface area contributed by atoms with Crippen molar-refractivity contribution in [2.45, 2.75) is 43.5 Å². The number of benzene rings is 2. The van der Waals surface area contributed by atoms with Gasteiger partial charge >= 0.3 is 5.97 Å². The Morgan fingerprint density at radius 1 is 1.12 bits per heavy atom. The van der Waals surface area contributed by atoms with Crippen LogP contribution in [0.2, 0.25) is 0 Å². The van der Waals surface area contributed by atoms with E-state index in [9.17, 15) is 18.3 Å². The van der Waals surface area contributed by atoms with Crippen LogP contribution in [0.4, 0.5) is 0 Å². The van der Waals surface area contributed by atoms with Crippen LogP contribution in [0.1, 0.15) is 38.5 Å². The predicted molar refractivity (Wildman–Crippen MR) is 116 cm³/mol. The van der Waals surface area contributed by atoms with E-state index in [1.165, 1.54) is 12.1 Å². The number of hydrogen-bond acceptors (Lipinski definition) is 7. The Bertz CT molecular complexity index is 1450. The second-order valence-electron chi connectivity index (χ2n) is 8.38. The number of carboxylic acid groups (broad SMARTS) is 1. The van der Waals surface area contributed by atoms with Crippen molar-refractivity contribution in [3.8, 4) is 11.4 Å². The maximum atomic E-state index is 12.8. The number of hydrogen-bond donors (Lipinski definition) is 2. The van der Waals surface area contributed by atoms with E-state index in [-0.39, 0.29) is 4.90 Å². The lowest BCUT2D eigenvalue weighted by Gasteiger charge is -2.17. The lowest BCUT2D eigenvalue weighted by Crippen LogP contribution is -2.44. The van der Waals surface area contributed by atoms with Crippen molar-refractivity contribution in [2.75, 3.05) is 0 Å². The fourth-order valence-electron chi connectivity index (χ4n) is 3.62. The van der Waals surface area contributed by atoms with Crippen LogP contribution in [0.5, 0.6) is 0 Å². The van der Waals surface area contributed by atoms with E-state index in [2.05, 4.69) is 14.9 Å². The molecule has 2 aromatic carbocycles. The van der Waals surface area contributed by atoms with Gasteiger partial charge in [0.15, 0.2) is 0 Å². The van der Waals surface area contributed by atoms with Crippen LogP contribution in [0.25, 0.3) is 33.3 Å². The largest absolute Gasteiger partial charge is 0.480 e. The van der Waals surface area contributed by atoms with Crippen LogP contribution in [-0.2, 0) is 14.8 Å². The first-order valence-electron chi connectivity index (χ1n) is 10.3. The van der Waals surface area contributed by atoms with E-state index in [4.69, 9.17) is 8.94 Å². The molecular formula is C22H21N3O6S. The molecule has 10 heteroatoms. The monoisotopic (exact) mass is 455 g/mol. The van der Waals surface area contributed by atoms with Gasteiger partial charge in [-0.25, -0.2) is 8.42 Å². The summed E-state index contributed by atoms with van der Waals surface area (Å²) in [5.74, 6) is -0.159. The molecule has 32 heavy (non-hydrogen) atoms. The molecule has 1 saturated carbocycles. The maximum absolute atomic E-state index is 12.8. The molecule has 166 valence electrons. The van der Waals surface area contributed by atoms with Crippen molar-refractivity contribution in [3.63, 3.8) is 0 Å². The Labute approximate surface area is 183 Å². The number of aromatic nitrogens is 2. The molecule has 0 unspecified atom stereocenters. The summed E-state index contributed by atoms with van der Waals surface area (Å²) >= 11 is 0. The number of nitrogens with zero attached hydrogens (tertiary/aromatic N) is 2. The first kappa shape index (κ1) is 20.7. The molecule has 0 radical (unpaired) electrons. The molecule has 4 aromatic rings. The molecular weight excluding hydrogens is 434 g/mol. The van der Waals surface area contributed by atoms with Crippen molar-refractivity contribution in [2.24, 2.45) is 5.92 Å². The summed E-state index contributed by atoms with van der Waals surface area (Å²) < 4.78 is 39.0. The first-order chi connectivity index (χ1) is 15.2. The Morgan fingerprint density at radius 2 is 1.81 bits per heavy atom. The average molecular weight is 455 g/mol. The standard InChI is InChI=1S/C22H21N3O6S/c1-11(2)19(22(26)27)25-32(28,29)14-6-8-16-15-7-5-13(9-17(15)30-18(16)10-14)20-23-21(31-24-20)12-3-4-12/h5-12,19,25H,3-4H2,1-2H3,(H,26,27)/t19-/m0/s1. The molecule has 9 nitrogen and oxygen atoms in total. The van der Waals surface area contributed by atoms with E-state index in [0.717, 1.165) is 29.2 Å². The van der Waals surface area contributed by atoms with Gasteiger partial charge in [-0.05, 0) is 43.0 Å². The minimum atomic E-state index is -4.05. The molecule has 5 rings (SSSR count). The fraction of sp³-hybridized carbons (Fsp3) is 0.318. The Kier molecular flexibility index (Phi) is 4.79. The van der Waals surface area contributed by atoms with Crippen LogP contribution in [0.15, 0.2) is 50.2 Å². The van der Waals surface area contributed by atoms with Crippen LogP contribution in [-0.4, -0.2) is 35.7 Å². The van der Waals surface area contributed by atoms with Crippen molar-refractivity contribution >= 4 is 37.9 Å². The lowest BCUT2D eigenvalue weighted by atomic mass is 10.1. The molecule has 1 fully saturated rings. The average Bonchev–Trinajstić information content (AvgIpc) is 3.36. The topological polar surface area (TPSA) is 136 Å². The molecule has 0 amide bonds. The van der Waals surface area contributed by atoms with Gasteiger partial charge < -0.3 is 14.0 Å². The highest BCUT2D eigenvalue weighted by Gasteiger charge is 2.30. The number of carboxylic acids is 1. The summed E-state index contributed by atoms with van der Waals surface area (Å²) in [6.45, 7) is 3.28. The smallest absolute Gasteiger partial charge is 0.322 e. The van der Waals surface area contributed by atoms with E-state index in [1.54, 1.807) is 26.0 Å². The van der Waals surface area contributed by atoms with E-state index >= 15 is 0 Å². The first-order valence-corrected chi connectivity index (χ1v) is 11.8. The molecule has 1 aliphatic carbocycles. The quantitative estimate of drug-likeness (QED) is 0.428. The van der Waals surface area contributed by atoms with Gasteiger partial charge in [-0.15, -0.1) is 0 Å². The molecule has 2 heterocycles. The SMILES string of the molecule is CC(C)[C@H](NS(=O)(=O)c1ccc2c(c1)oc1cc(-c3noc(C4CC4)n3)ccc12)C(=O)O. The molecule has 0 saturated heterocycles. The van der Waals surface area contributed by atoms with E-state index < -0.39 is 28.0 Å². The molecule has 0 spiro atoms. The van der Waals surface area contributed by atoms with Crippen LogP contribution < -0.4 is 4.72 Å². The predicted octanol–water partition coefficient (Wildman–Crippen LogP) is 3.90. The second-order valence-corrected chi connectivity index (χ2v) is 10.1. The zero-order valence-electron chi connectivity index (χ0n) is 17.4. The fourth-order valence-corrected chi connectivity index (χ4v) is 4.97. The summed E-state index contributed by atoms with van der Waals surface area (Å²) in [5.41, 5.74) is 1.68. The third-order valence-corrected chi connectivity index (χ3v) is 7.04. The van der Waals surface area contributed by atoms with Crippen molar-refractivity contribution in [1.29, 1.82) is 0 Å². The van der Waals surface area contributed by atoms with Crippen molar-refractivity contribution < 1.29 is 27.3 Å². The molecule has 2 aromatic heterocycles. The summed E-state index contributed by atoms with van der Waals surface area (Å²) in [7, 11) is -4.05. The summed E-state index contributed by atoms with van der Waals surface area (Å²) in [4.78, 5) is 15.8. The van der Waals surface area contributed by atoms with Gasteiger partial charge in [-0.3, -0.25) is 4.79 Å². The van der Waals surface area contributed by atoms with Crippen LogP contribution in [0, 0.1) is 5.92 Å². The highest BCUT2D eigenvalue weighted by molar-refractivity contribution is 7.89. The molecule has 1 aliphatic rings. The minimum Gasteiger partial charge on any atom is -0.480 e. The summed E-state index contributed by atoms with van der Waals surface area (Å²) in [6.07, 6.45) is 2.13. The molecule has 2 N–H and O–H groups in total. The minimum absolute atomic E-state index is 0.0663. The zero-order valence-corrected chi connectivity index (χ0v) is 18.2. The summed E-state index contributed by atoms with van der Waals surface area (Å²) in [5, 5.41) is 14.9. The second kappa shape index (κ2) is 7.42. The molecule has 0 aliphatic heterocycles. The van der Waals surface area contributed by atoms with Crippen molar-refractivity contribution in [3.05, 3.63) is 42.3 Å². The highest BCUT2D eigenvalue weighted by Crippen LogP contribution is 2.40.